The molecule has 3 heteroatoms. The molecule has 0 aliphatic heterocycles. The molecule has 0 radical (unpaired) electrons. The van der Waals surface area contributed by atoms with Crippen molar-refractivity contribution in [2.75, 3.05) is 0 Å². The molecule has 0 saturated carbocycles. The number of ether oxygens (including phenoxy) is 1. The van der Waals surface area contributed by atoms with Crippen LogP contribution in [0.15, 0.2) is 0 Å². The molecule has 2 nitrogen and oxygen atoms in total. The molecule has 0 fully saturated rings. The van der Waals surface area contributed by atoms with Crippen LogP contribution in [0.25, 0.3) is 0 Å². The zero-order valence-corrected chi connectivity index (χ0v) is 10.9. The molecule has 0 rings (SSSR count). The van der Waals surface area contributed by atoms with Crippen LogP contribution in [0, 0.1) is 23.8 Å². The van der Waals surface area contributed by atoms with Crippen molar-refractivity contribution >= 4 is 14.0 Å². The Labute approximate surface area is 93.4 Å². The van der Waals surface area contributed by atoms with Crippen molar-refractivity contribution in [3.63, 3.8) is 0 Å². The van der Waals surface area contributed by atoms with E-state index in [0.717, 1.165) is 0 Å². The number of hydrogen-bond acceptors (Lipinski definition) is 2. The first-order valence-electron chi connectivity index (χ1n) is 4.98. The fraction of sp³-hybridized carbons (Fsp3) is 0.583. The van der Waals surface area contributed by atoms with Crippen LogP contribution in [0.5, 0.6) is 0 Å². The van der Waals surface area contributed by atoms with Gasteiger partial charge in [0.1, 0.15) is 8.07 Å². The maximum Gasteiger partial charge on any atom is 0.303 e. The molecule has 0 aliphatic carbocycles. The van der Waals surface area contributed by atoms with Crippen molar-refractivity contribution in [1.82, 2.24) is 0 Å². The minimum atomic E-state index is -1.29. The molecule has 1 unspecified atom stereocenters. The lowest BCUT2D eigenvalue weighted by Gasteiger charge is -2.08. The average molecular weight is 222 g/mol. The lowest BCUT2D eigenvalue weighted by atomic mass is 10.2. The fourth-order valence-corrected chi connectivity index (χ4v) is 1.56. The topological polar surface area (TPSA) is 26.3 Å². The van der Waals surface area contributed by atoms with Gasteiger partial charge in [0.05, 0.1) is 0 Å². The lowest BCUT2D eigenvalue weighted by molar-refractivity contribution is -0.143. The van der Waals surface area contributed by atoms with Crippen molar-refractivity contribution in [2.24, 2.45) is 0 Å². The predicted molar refractivity (Wildman–Crippen MR) is 64.7 cm³/mol. The summed E-state index contributed by atoms with van der Waals surface area (Å²) in [5, 5.41) is 0. The number of rotatable bonds is 3. The quantitative estimate of drug-likeness (QED) is 0.416. The van der Waals surface area contributed by atoms with Gasteiger partial charge in [-0.15, -0.1) is 17.9 Å². The lowest BCUT2D eigenvalue weighted by Crippen LogP contribution is -2.16. The Morgan fingerprint density at radius 2 is 2.07 bits per heavy atom. The van der Waals surface area contributed by atoms with Crippen LogP contribution in [0.1, 0.15) is 19.8 Å². The largest absolute Gasteiger partial charge is 0.449 e. The van der Waals surface area contributed by atoms with Crippen molar-refractivity contribution in [3.8, 4) is 23.8 Å². The predicted octanol–water partition coefficient (Wildman–Crippen LogP) is 2.21. The van der Waals surface area contributed by atoms with Crippen LogP contribution in [0.4, 0.5) is 0 Å². The maximum absolute atomic E-state index is 10.7. The molecule has 15 heavy (non-hydrogen) atoms. The van der Waals surface area contributed by atoms with E-state index in [9.17, 15) is 4.79 Å². The zero-order chi connectivity index (χ0) is 11.9. The van der Waals surface area contributed by atoms with E-state index in [1.807, 2.05) is 0 Å². The van der Waals surface area contributed by atoms with E-state index < -0.39 is 14.2 Å². The summed E-state index contributed by atoms with van der Waals surface area (Å²) in [6.07, 6.45) is 6.10. The second kappa shape index (κ2) is 6.32. The highest BCUT2D eigenvalue weighted by atomic mass is 28.3. The van der Waals surface area contributed by atoms with Crippen molar-refractivity contribution < 1.29 is 9.53 Å². The van der Waals surface area contributed by atoms with Gasteiger partial charge in [-0.3, -0.25) is 4.79 Å². The Hall–Kier alpha value is -1.19. The van der Waals surface area contributed by atoms with Crippen LogP contribution >= 0.6 is 0 Å². The summed E-state index contributed by atoms with van der Waals surface area (Å²) in [6.45, 7) is 7.91. The molecule has 0 aromatic rings. The van der Waals surface area contributed by atoms with E-state index in [0.29, 0.717) is 12.8 Å². The highest BCUT2D eigenvalue weighted by Crippen LogP contribution is 2.02. The van der Waals surface area contributed by atoms with Crippen molar-refractivity contribution in [3.05, 3.63) is 0 Å². The number of carbonyl (C=O) groups excluding carboxylic acids is 1. The Morgan fingerprint density at radius 3 is 2.47 bits per heavy atom. The summed E-state index contributed by atoms with van der Waals surface area (Å²) in [6, 6.07) is 0. The number of hydrogen-bond donors (Lipinski definition) is 0. The maximum atomic E-state index is 10.7. The summed E-state index contributed by atoms with van der Waals surface area (Å²) < 4.78 is 4.90. The molecule has 0 N–H and O–H groups in total. The smallest absolute Gasteiger partial charge is 0.303 e. The van der Waals surface area contributed by atoms with Gasteiger partial charge in [0.25, 0.3) is 0 Å². The summed E-state index contributed by atoms with van der Waals surface area (Å²) >= 11 is 0. The van der Waals surface area contributed by atoms with Gasteiger partial charge in [-0.05, 0) is 0 Å². The average Bonchev–Trinajstić information content (AvgIpc) is 2.08. The molecule has 0 spiro atoms. The third-order valence-corrected chi connectivity index (χ3v) is 2.42. The first-order chi connectivity index (χ1) is 6.85. The Morgan fingerprint density at radius 1 is 1.47 bits per heavy atom. The third-order valence-electron chi connectivity index (χ3n) is 1.49. The van der Waals surface area contributed by atoms with Crippen LogP contribution in [0.3, 0.4) is 0 Å². The van der Waals surface area contributed by atoms with E-state index in [2.05, 4.69) is 37.0 Å². The van der Waals surface area contributed by atoms with E-state index in [1.54, 1.807) is 0 Å². The molecule has 0 heterocycles. The molecular formula is C12H18O2Si. The third kappa shape index (κ3) is 9.12. The normalized spacial score (nSPS) is 11.9. The Balaban J connectivity index is 3.97. The van der Waals surface area contributed by atoms with Crippen LogP contribution in [-0.4, -0.2) is 20.1 Å². The van der Waals surface area contributed by atoms with Gasteiger partial charge in [-0.25, -0.2) is 0 Å². The molecule has 82 valence electrons. The Kier molecular flexibility index (Phi) is 5.82. The number of terminal acetylenes is 1. The van der Waals surface area contributed by atoms with Gasteiger partial charge in [-0.1, -0.05) is 25.6 Å². The number of carbonyl (C=O) groups is 1. The van der Waals surface area contributed by atoms with Gasteiger partial charge in [0.2, 0.25) is 0 Å². The van der Waals surface area contributed by atoms with Crippen molar-refractivity contribution in [1.29, 1.82) is 0 Å². The molecule has 1 atom stereocenters. The van der Waals surface area contributed by atoms with E-state index in [1.165, 1.54) is 6.92 Å². The summed E-state index contributed by atoms with van der Waals surface area (Å²) in [5.41, 5.74) is 3.23. The summed E-state index contributed by atoms with van der Waals surface area (Å²) in [7, 11) is -1.29. The molecule has 0 aromatic carbocycles. The zero-order valence-electron chi connectivity index (χ0n) is 9.89. The monoisotopic (exact) mass is 222 g/mol. The summed E-state index contributed by atoms with van der Waals surface area (Å²) in [4.78, 5) is 10.7. The second-order valence-electron chi connectivity index (χ2n) is 4.36. The van der Waals surface area contributed by atoms with Gasteiger partial charge >= 0.3 is 5.97 Å². The first kappa shape index (κ1) is 13.8. The van der Waals surface area contributed by atoms with Crippen molar-refractivity contribution in [2.45, 2.75) is 45.5 Å². The van der Waals surface area contributed by atoms with Gasteiger partial charge in [0, 0.05) is 19.8 Å². The van der Waals surface area contributed by atoms with Gasteiger partial charge in [-0.2, -0.15) is 0 Å². The fourth-order valence-electron chi connectivity index (χ4n) is 0.908. The minimum Gasteiger partial charge on any atom is -0.449 e. The minimum absolute atomic E-state index is 0.337. The van der Waals surface area contributed by atoms with E-state index >= 15 is 0 Å². The van der Waals surface area contributed by atoms with E-state index in [-0.39, 0.29) is 5.97 Å². The van der Waals surface area contributed by atoms with Crippen LogP contribution in [-0.2, 0) is 9.53 Å². The highest BCUT2D eigenvalue weighted by Gasteiger charge is 2.08. The molecule has 0 aliphatic rings. The van der Waals surface area contributed by atoms with Crippen LogP contribution in [0.2, 0.25) is 19.6 Å². The molecule has 0 amide bonds. The Bertz CT molecular complexity index is 309. The second-order valence-corrected chi connectivity index (χ2v) is 9.11. The number of esters is 1. The standard InChI is InChI=1S/C12H18O2Si/c1-6-12(14-11(2)13)9-7-8-10-15(3,4)5/h1,12H,7,9H2,2-5H3. The van der Waals surface area contributed by atoms with Gasteiger partial charge in [0.15, 0.2) is 6.10 Å². The molecule has 0 saturated heterocycles. The molecule has 0 bridgehead atoms. The van der Waals surface area contributed by atoms with E-state index in [4.69, 9.17) is 11.2 Å². The molecule has 0 aromatic heterocycles. The SMILES string of the molecule is C#CC(CCC#C[Si](C)(C)C)OC(C)=O. The summed E-state index contributed by atoms with van der Waals surface area (Å²) in [5.74, 6) is 5.18. The highest BCUT2D eigenvalue weighted by molar-refractivity contribution is 6.83. The molecular weight excluding hydrogens is 204 g/mol. The van der Waals surface area contributed by atoms with Gasteiger partial charge < -0.3 is 4.74 Å². The first-order valence-corrected chi connectivity index (χ1v) is 8.48. The van der Waals surface area contributed by atoms with Crippen LogP contribution < -0.4 is 0 Å².